The van der Waals surface area contributed by atoms with Crippen LogP contribution in [0.2, 0.25) is 5.02 Å². The van der Waals surface area contributed by atoms with E-state index in [1.807, 2.05) is 13.0 Å². The van der Waals surface area contributed by atoms with Crippen molar-refractivity contribution in [2.75, 3.05) is 0 Å². The van der Waals surface area contributed by atoms with Crippen LogP contribution in [0, 0.1) is 5.92 Å². The molecule has 0 bridgehead atoms. The van der Waals surface area contributed by atoms with Crippen molar-refractivity contribution in [1.82, 2.24) is 14.5 Å². The summed E-state index contributed by atoms with van der Waals surface area (Å²) in [5.41, 5.74) is 7.41. The van der Waals surface area contributed by atoms with Crippen molar-refractivity contribution in [3.8, 4) is 0 Å². The van der Waals surface area contributed by atoms with Gasteiger partial charge in [-0.15, -0.1) is 0 Å². The van der Waals surface area contributed by atoms with E-state index in [0.717, 1.165) is 36.3 Å². The summed E-state index contributed by atoms with van der Waals surface area (Å²) in [6.45, 7) is 4.90. The van der Waals surface area contributed by atoms with E-state index in [1.54, 1.807) is 6.20 Å². The smallest absolute Gasteiger partial charge is 0.160 e. The summed E-state index contributed by atoms with van der Waals surface area (Å²) in [4.78, 5) is 9.58. The highest BCUT2D eigenvalue weighted by molar-refractivity contribution is 7.80. The monoisotopic (exact) mass is 310 g/mol. The number of hydrogen-bond donors (Lipinski definition) is 1. The minimum Gasteiger partial charge on any atom is -0.393 e. The number of halogens is 1. The van der Waals surface area contributed by atoms with Crippen molar-refractivity contribution in [3.05, 3.63) is 23.1 Å². The number of nitrogens with zero attached hydrogens (tertiary/aromatic N) is 3. The van der Waals surface area contributed by atoms with Gasteiger partial charge in [-0.2, -0.15) is 0 Å². The Kier molecular flexibility index (Phi) is 4.94. The van der Waals surface area contributed by atoms with Gasteiger partial charge in [-0.25, -0.2) is 9.97 Å². The van der Waals surface area contributed by atoms with E-state index in [2.05, 4.69) is 21.5 Å². The molecule has 0 saturated carbocycles. The number of aryl methyl sites for hydroxylation is 1. The van der Waals surface area contributed by atoms with Gasteiger partial charge in [0.25, 0.3) is 0 Å². The van der Waals surface area contributed by atoms with Crippen LogP contribution >= 0.6 is 23.8 Å². The number of hydrogen-bond acceptors (Lipinski definition) is 3. The lowest BCUT2D eigenvalue weighted by Crippen LogP contribution is -2.23. The van der Waals surface area contributed by atoms with Crippen LogP contribution in [0.5, 0.6) is 0 Å². The van der Waals surface area contributed by atoms with Crippen molar-refractivity contribution in [2.45, 2.75) is 39.7 Å². The second-order valence-electron chi connectivity index (χ2n) is 5.04. The summed E-state index contributed by atoms with van der Waals surface area (Å²) >= 11 is 11.1. The number of imidazole rings is 1. The maximum absolute atomic E-state index is 5.99. The molecule has 0 fully saturated rings. The van der Waals surface area contributed by atoms with Crippen LogP contribution in [0.25, 0.3) is 11.2 Å². The highest BCUT2D eigenvalue weighted by atomic mass is 35.5. The third kappa shape index (κ3) is 3.27. The Morgan fingerprint density at radius 1 is 1.55 bits per heavy atom. The lowest BCUT2D eigenvalue weighted by Gasteiger charge is -2.13. The number of unbranched alkanes of at least 4 members (excludes halogenated alkanes) is 1. The van der Waals surface area contributed by atoms with Gasteiger partial charge in [-0.3, -0.25) is 0 Å². The molecule has 4 nitrogen and oxygen atoms in total. The zero-order valence-electron chi connectivity index (χ0n) is 11.8. The topological polar surface area (TPSA) is 56.7 Å². The highest BCUT2D eigenvalue weighted by Crippen LogP contribution is 2.20. The third-order valence-electron chi connectivity index (χ3n) is 3.33. The molecular formula is C14H19ClN4S. The molecule has 0 aliphatic carbocycles. The van der Waals surface area contributed by atoms with Crippen LogP contribution in [-0.2, 0) is 13.0 Å². The first kappa shape index (κ1) is 15.2. The molecule has 1 unspecified atom stereocenters. The van der Waals surface area contributed by atoms with Crippen LogP contribution in [-0.4, -0.2) is 19.5 Å². The quantitative estimate of drug-likeness (QED) is 0.831. The average Bonchev–Trinajstić information content (AvgIpc) is 2.73. The van der Waals surface area contributed by atoms with E-state index in [-0.39, 0.29) is 5.92 Å². The molecule has 0 aromatic carbocycles. The molecule has 2 heterocycles. The van der Waals surface area contributed by atoms with Crippen LogP contribution in [0.3, 0.4) is 0 Å². The Morgan fingerprint density at radius 3 is 2.95 bits per heavy atom. The first-order chi connectivity index (χ1) is 9.52. The first-order valence-electron chi connectivity index (χ1n) is 6.83. The fourth-order valence-electron chi connectivity index (χ4n) is 2.11. The number of aromatic nitrogens is 3. The molecule has 20 heavy (non-hydrogen) atoms. The lowest BCUT2D eigenvalue weighted by molar-refractivity contribution is 0.574. The second kappa shape index (κ2) is 6.50. The number of nitrogens with two attached hydrogens (primary N) is 1. The predicted octanol–water partition coefficient (Wildman–Crippen LogP) is 3.35. The third-order valence-corrected chi connectivity index (χ3v) is 3.94. The summed E-state index contributed by atoms with van der Waals surface area (Å²) in [7, 11) is 0. The zero-order chi connectivity index (χ0) is 14.7. The van der Waals surface area contributed by atoms with Gasteiger partial charge in [0, 0.05) is 25.1 Å². The molecule has 0 radical (unpaired) electrons. The molecule has 1 atom stereocenters. The molecular weight excluding hydrogens is 292 g/mol. The summed E-state index contributed by atoms with van der Waals surface area (Å²) in [5.74, 6) is 1.14. The minimum absolute atomic E-state index is 0.111. The first-order valence-corrected chi connectivity index (χ1v) is 7.61. The van der Waals surface area contributed by atoms with E-state index >= 15 is 0 Å². The highest BCUT2D eigenvalue weighted by Gasteiger charge is 2.15. The molecule has 0 aliphatic heterocycles. The Balaban J connectivity index is 2.43. The van der Waals surface area contributed by atoms with Crippen molar-refractivity contribution in [1.29, 1.82) is 0 Å². The lowest BCUT2D eigenvalue weighted by atomic mass is 10.1. The molecule has 6 heteroatoms. The van der Waals surface area contributed by atoms with Crippen molar-refractivity contribution < 1.29 is 0 Å². The number of fused-ring (bicyclic) bond motifs is 1. The van der Waals surface area contributed by atoms with Gasteiger partial charge in [0.2, 0.25) is 0 Å². The standard InChI is InChI=1S/C14H19ClN4S/c1-3-4-5-12-18-11-6-10(15)7-17-14(11)19(12)8-9(2)13(16)20/h6-7,9H,3-5,8H2,1-2H3,(H2,16,20). The van der Waals surface area contributed by atoms with E-state index in [9.17, 15) is 0 Å². The summed E-state index contributed by atoms with van der Waals surface area (Å²) in [5, 5.41) is 0.603. The van der Waals surface area contributed by atoms with Gasteiger partial charge in [0.1, 0.15) is 11.3 Å². The molecule has 0 saturated heterocycles. The van der Waals surface area contributed by atoms with E-state index < -0.39 is 0 Å². The molecule has 0 aliphatic rings. The molecule has 0 amide bonds. The maximum Gasteiger partial charge on any atom is 0.160 e. The average molecular weight is 311 g/mol. The second-order valence-corrected chi connectivity index (χ2v) is 5.95. The molecule has 2 N–H and O–H groups in total. The van der Waals surface area contributed by atoms with E-state index in [4.69, 9.17) is 29.6 Å². The Morgan fingerprint density at radius 2 is 2.30 bits per heavy atom. The van der Waals surface area contributed by atoms with Crippen LogP contribution in [0.4, 0.5) is 0 Å². The summed E-state index contributed by atoms with van der Waals surface area (Å²) in [6, 6.07) is 1.85. The van der Waals surface area contributed by atoms with Crippen LogP contribution in [0.15, 0.2) is 12.3 Å². The molecule has 0 spiro atoms. The van der Waals surface area contributed by atoms with Gasteiger partial charge in [-0.05, 0) is 12.5 Å². The van der Waals surface area contributed by atoms with Crippen molar-refractivity contribution >= 4 is 40.0 Å². The van der Waals surface area contributed by atoms with E-state index in [1.165, 1.54) is 0 Å². The Labute approximate surface area is 129 Å². The normalized spacial score (nSPS) is 12.8. The number of pyridine rings is 1. The largest absolute Gasteiger partial charge is 0.393 e. The van der Waals surface area contributed by atoms with Gasteiger partial charge >= 0.3 is 0 Å². The zero-order valence-corrected chi connectivity index (χ0v) is 13.3. The minimum atomic E-state index is 0.111. The molecule has 2 aromatic heterocycles. The Bertz CT molecular complexity index is 623. The predicted molar refractivity (Wildman–Crippen MR) is 87.1 cm³/mol. The fourth-order valence-corrected chi connectivity index (χ4v) is 2.34. The van der Waals surface area contributed by atoms with E-state index in [0.29, 0.717) is 16.6 Å². The SMILES string of the molecule is CCCCc1nc2cc(Cl)cnc2n1CC(C)C(N)=S. The van der Waals surface area contributed by atoms with Gasteiger partial charge < -0.3 is 10.3 Å². The number of thiocarbonyl (C=S) groups is 1. The summed E-state index contributed by atoms with van der Waals surface area (Å²) in [6.07, 6.45) is 4.80. The maximum atomic E-state index is 5.99. The van der Waals surface area contributed by atoms with Crippen molar-refractivity contribution in [2.24, 2.45) is 11.7 Å². The summed E-state index contributed by atoms with van der Waals surface area (Å²) < 4.78 is 2.12. The van der Waals surface area contributed by atoms with Gasteiger partial charge in [0.15, 0.2) is 5.65 Å². The Hall–Kier alpha value is -1.20. The van der Waals surface area contributed by atoms with Crippen LogP contribution in [0.1, 0.15) is 32.5 Å². The molecule has 2 aromatic rings. The van der Waals surface area contributed by atoms with Gasteiger partial charge in [-0.1, -0.05) is 44.1 Å². The fraction of sp³-hybridized carbons (Fsp3) is 0.500. The van der Waals surface area contributed by atoms with Crippen LogP contribution < -0.4 is 5.73 Å². The number of rotatable bonds is 6. The van der Waals surface area contributed by atoms with Crippen molar-refractivity contribution in [3.63, 3.8) is 0 Å². The van der Waals surface area contributed by atoms with Gasteiger partial charge in [0.05, 0.1) is 10.0 Å². The molecule has 2 rings (SSSR count). The molecule has 108 valence electrons.